The molecule has 0 bridgehead atoms. The van der Waals surface area contributed by atoms with Crippen LogP contribution < -0.4 is 11.1 Å². The van der Waals surface area contributed by atoms with E-state index in [0.29, 0.717) is 24.0 Å². The Morgan fingerprint density at radius 1 is 1.20 bits per heavy atom. The summed E-state index contributed by atoms with van der Waals surface area (Å²) in [7, 11) is 0. The van der Waals surface area contributed by atoms with Crippen molar-refractivity contribution in [1.82, 2.24) is 15.1 Å². The van der Waals surface area contributed by atoms with Crippen molar-refractivity contribution in [2.45, 2.75) is 58.5 Å². The number of nitrogens with zero attached hydrogens (tertiary/aromatic N) is 3. The molecule has 2 heterocycles. The molecule has 25 heavy (non-hydrogen) atoms. The van der Waals surface area contributed by atoms with E-state index < -0.39 is 0 Å². The summed E-state index contributed by atoms with van der Waals surface area (Å²) >= 11 is 0. The Hall–Kier alpha value is -0.850. The average molecular weight is 354 g/mol. The van der Waals surface area contributed by atoms with Gasteiger partial charge >= 0.3 is 0 Å². The number of nitrogens with two attached hydrogens (primary N) is 1. The van der Waals surface area contributed by atoms with Crippen LogP contribution in [0, 0.1) is 5.92 Å². The Balaban J connectivity index is 1.87. The Bertz CT molecular complexity index is 393. The van der Waals surface area contributed by atoms with Crippen LogP contribution in [0.3, 0.4) is 0 Å². The van der Waals surface area contributed by atoms with Gasteiger partial charge in [-0.2, -0.15) is 0 Å². The Kier molecular flexibility index (Phi) is 8.99. The van der Waals surface area contributed by atoms with Gasteiger partial charge in [-0.05, 0) is 31.8 Å². The molecule has 0 spiro atoms. The molecule has 2 saturated heterocycles. The van der Waals surface area contributed by atoms with E-state index in [2.05, 4.69) is 35.9 Å². The highest BCUT2D eigenvalue weighted by molar-refractivity contribution is 5.77. The van der Waals surface area contributed by atoms with Gasteiger partial charge in [0.15, 0.2) is 5.96 Å². The van der Waals surface area contributed by atoms with Crippen LogP contribution in [0.2, 0.25) is 0 Å². The topological polar surface area (TPSA) is 66.1 Å². The molecule has 2 unspecified atom stereocenters. The summed E-state index contributed by atoms with van der Waals surface area (Å²) in [5, 5.41) is 3.37. The second-order valence-electron chi connectivity index (χ2n) is 7.32. The van der Waals surface area contributed by atoms with E-state index in [1.807, 2.05) is 0 Å². The fraction of sp³-hybridized carbons (Fsp3) is 0.947. The number of rotatable bonds is 9. The van der Waals surface area contributed by atoms with Crippen LogP contribution in [0.1, 0.15) is 46.5 Å². The molecule has 6 heteroatoms. The predicted octanol–water partition coefficient (Wildman–Crippen LogP) is 1.51. The summed E-state index contributed by atoms with van der Waals surface area (Å²) in [6, 6.07) is 1.07. The Labute approximate surface area is 154 Å². The van der Waals surface area contributed by atoms with E-state index >= 15 is 0 Å². The summed E-state index contributed by atoms with van der Waals surface area (Å²) < 4.78 is 5.52. The fourth-order valence-corrected chi connectivity index (χ4v) is 4.32. The van der Waals surface area contributed by atoms with Crippen molar-refractivity contribution >= 4 is 5.96 Å². The number of aliphatic imine (C=N–C) groups is 1. The highest BCUT2D eigenvalue weighted by Gasteiger charge is 2.27. The maximum absolute atomic E-state index is 6.18. The quantitative estimate of drug-likeness (QED) is 0.486. The molecule has 0 aromatic carbocycles. The SMILES string of the molecule is CCC(CC)C(CN=C(N)NCC1CCCN1CC)N1CCOCC1. The van der Waals surface area contributed by atoms with Gasteiger partial charge in [-0.25, -0.2) is 0 Å². The third-order valence-electron chi connectivity index (χ3n) is 5.98. The van der Waals surface area contributed by atoms with Crippen molar-refractivity contribution in [1.29, 1.82) is 0 Å². The number of ether oxygens (including phenoxy) is 1. The largest absolute Gasteiger partial charge is 0.379 e. The van der Waals surface area contributed by atoms with Crippen molar-refractivity contribution in [3.63, 3.8) is 0 Å². The normalized spacial score (nSPS) is 24.8. The number of hydrogen-bond acceptors (Lipinski definition) is 4. The van der Waals surface area contributed by atoms with Crippen LogP contribution in [0.25, 0.3) is 0 Å². The van der Waals surface area contributed by atoms with Crippen LogP contribution in [-0.4, -0.2) is 80.3 Å². The first-order valence-corrected chi connectivity index (χ1v) is 10.3. The summed E-state index contributed by atoms with van der Waals surface area (Å²) in [6.45, 7) is 14.5. The van der Waals surface area contributed by atoms with Gasteiger partial charge in [0.1, 0.15) is 0 Å². The molecular formula is C19H39N5O. The third kappa shape index (κ3) is 6.12. The lowest BCUT2D eigenvalue weighted by Crippen LogP contribution is -2.49. The van der Waals surface area contributed by atoms with Gasteiger partial charge in [0.2, 0.25) is 0 Å². The van der Waals surface area contributed by atoms with Gasteiger partial charge in [-0.1, -0.05) is 33.6 Å². The second kappa shape index (κ2) is 11.0. The van der Waals surface area contributed by atoms with Crippen LogP contribution in [-0.2, 0) is 4.74 Å². The minimum atomic E-state index is 0.470. The van der Waals surface area contributed by atoms with Gasteiger partial charge in [0.05, 0.1) is 19.8 Å². The van der Waals surface area contributed by atoms with Crippen LogP contribution in [0.4, 0.5) is 0 Å². The first kappa shape index (κ1) is 20.5. The van der Waals surface area contributed by atoms with Crippen molar-refractivity contribution in [3.8, 4) is 0 Å². The molecule has 0 saturated carbocycles. The Morgan fingerprint density at radius 2 is 1.92 bits per heavy atom. The van der Waals surface area contributed by atoms with Gasteiger partial charge in [0, 0.05) is 31.7 Å². The van der Waals surface area contributed by atoms with E-state index in [4.69, 9.17) is 15.5 Å². The molecule has 0 aliphatic carbocycles. The monoisotopic (exact) mass is 353 g/mol. The highest BCUT2D eigenvalue weighted by atomic mass is 16.5. The number of guanidine groups is 1. The van der Waals surface area contributed by atoms with Crippen LogP contribution in [0.15, 0.2) is 4.99 Å². The van der Waals surface area contributed by atoms with Crippen molar-refractivity contribution in [2.75, 3.05) is 52.5 Å². The maximum Gasteiger partial charge on any atom is 0.188 e. The molecule has 0 radical (unpaired) electrons. The summed E-state index contributed by atoms with van der Waals surface area (Å²) in [5.74, 6) is 1.27. The molecule has 2 fully saturated rings. The highest BCUT2D eigenvalue weighted by Crippen LogP contribution is 2.20. The number of morpholine rings is 1. The lowest BCUT2D eigenvalue weighted by atomic mass is 9.92. The number of likely N-dealkylation sites (N-methyl/N-ethyl adjacent to an activating group) is 1. The zero-order valence-corrected chi connectivity index (χ0v) is 16.5. The average Bonchev–Trinajstić information content (AvgIpc) is 3.11. The van der Waals surface area contributed by atoms with Gasteiger partial charge in [0.25, 0.3) is 0 Å². The lowest BCUT2D eigenvalue weighted by Gasteiger charge is -2.38. The summed E-state index contributed by atoms with van der Waals surface area (Å²) in [5.41, 5.74) is 6.18. The molecule has 0 aromatic heterocycles. The van der Waals surface area contributed by atoms with E-state index in [0.717, 1.165) is 45.9 Å². The fourth-order valence-electron chi connectivity index (χ4n) is 4.32. The summed E-state index contributed by atoms with van der Waals surface area (Å²) in [4.78, 5) is 9.79. The zero-order valence-electron chi connectivity index (χ0n) is 16.5. The molecular weight excluding hydrogens is 314 g/mol. The number of hydrogen-bond donors (Lipinski definition) is 2. The lowest BCUT2D eigenvalue weighted by molar-refractivity contribution is 0.00396. The van der Waals surface area contributed by atoms with Crippen molar-refractivity contribution in [3.05, 3.63) is 0 Å². The van der Waals surface area contributed by atoms with E-state index in [1.165, 1.54) is 32.2 Å². The molecule has 3 N–H and O–H groups in total. The summed E-state index contributed by atoms with van der Waals surface area (Å²) in [6.07, 6.45) is 4.94. The number of nitrogens with one attached hydrogen (secondary N) is 1. The predicted molar refractivity (Wildman–Crippen MR) is 105 cm³/mol. The van der Waals surface area contributed by atoms with E-state index in [-0.39, 0.29) is 0 Å². The Morgan fingerprint density at radius 3 is 2.56 bits per heavy atom. The van der Waals surface area contributed by atoms with Crippen LogP contribution in [0.5, 0.6) is 0 Å². The zero-order chi connectivity index (χ0) is 18.1. The molecule has 6 nitrogen and oxygen atoms in total. The van der Waals surface area contributed by atoms with Gasteiger partial charge < -0.3 is 15.8 Å². The number of likely N-dealkylation sites (tertiary alicyclic amines) is 1. The van der Waals surface area contributed by atoms with E-state index in [1.54, 1.807) is 0 Å². The molecule has 2 rings (SSSR count). The van der Waals surface area contributed by atoms with E-state index in [9.17, 15) is 0 Å². The third-order valence-corrected chi connectivity index (χ3v) is 5.98. The molecule has 0 amide bonds. The second-order valence-corrected chi connectivity index (χ2v) is 7.32. The van der Waals surface area contributed by atoms with Crippen molar-refractivity contribution < 1.29 is 4.74 Å². The minimum absolute atomic E-state index is 0.470. The van der Waals surface area contributed by atoms with Gasteiger partial charge in [-0.15, -0.1) is 0 Å². The standard InChI is InChI=1S/C19H39N5O/c1-4-16(5-2)18(24-10-12-25-13-11-24)15-22-19(20)21-14-17-8-7-9-23(17)6-3/h16-18H,4-15H2,1-3H3,(H3,20,21,22). The molecule has 0 aromatic rings. The molecule has 2 aliphatic rings. The van der Waals surface area contributed by atoms with Gasteiger partial charge in [-0.3, -0.25) is 14.8 Å². The molecule has 2 aliphatic heterocycles. The smallest absolute Gasteiger partial charge is 0.188 e. The van der Waals surface area contributed by atoms with Crippen molar-refractivity contribution in [2.24, 2.45) is 16.6 Å². The first-order chi connectivity index (χ1) is 12.2. The minimum Gasteiger partial charge on any atom is -0.379 e. The molecule has 146 valence electrons. The first-order valence-electron chi connectivity index (χ1n) is 10.3. The maximum atomic E-state index is 6.18. The van der Waals surface area contributed by atoms with Crippen LogP contribution >= 0.6 is 0 Å². The molecule has 2 atom stereocenters.